The molecule has 1 aliphatic rings. The van der Waals surface area contributed by atoms with E-state index in [2.05, 4.69) is 14.2 Å². The van der Waals surface area contributed by atoms with E-state index < -0.39 is 41.1 Å². The number of aryl methyl sites for hydroxylation is 2. The standard InChI is InChI=1S/C17H22N2O7S/c1-2-25-17(22)19-15(20)11-26-16(21)10-18-27(23,24)14-8-7-12-5-3-4-6-13(12)9-14/h7-9,18H,2-6,10-11H2,1H3,(H,19,20,22). The number of sulfonamides is 1. The van der Waals surface area contributed by atoms with Crippen LogP contribution in [0.15, 0.2) is 23.1 Å². The number of benzene rings is 1. The molecule has 0 radical (unpaired) electrons. The number of carbonyl (C=O) groups is 3. The van der Waals surface area contributed by atoms with E-state index in [-0.39, 0.29) is 11.5 Å². The van der Waals surface area contributed by atoms with Crippen LogP contribution in [0.4, 0.5) is 4.79 Å². The minimum atomic E-state index is -3.88. The summed E-state index contributed by atoms with van der Waals surface area (Å²) in [4.78, 5) is 34.1. The van der Waals surface area contributed by atoms with Crippen molar-refractivity contribution in [2.45, 2.75) is 37.5 Å². The van der Waals surface area contributed by atoms with Gasteiger partial charge >= 0.3 is 12.1 Å². The molecule has 10 heteroatoms. The van der Waals surface area contributed by atoms with E-state index in [1.165, 1.54) is 6.07 Å². The number of amides is 2. The minimum absolute atomic E-state index is 0.0796. The number of fused-ring (bicyclic) bond motifs is 1. The molecule has 0 aromatic heterocycles. The highest BCUT2D eigenvalue weighted by Gasteiger charge is 2.19. The summed E-state index contributed by atoms with van der Waals surface area (Å²) >= 11 is 0. The van der Waals surface area contributed by atoms with Crippen LogP contribution in [0.3, 0.4) is 0 Å². The number of ether oxygens (including phenoxy) is 2. The summed E-state index contributed by atoms with van der Waals surface area (Å²) in [6.45, 7) is 0.298. The molecule has 2 N–H and O–H groups in total. The molecule has 0 saturated heterocycles. The molecule has 0 saturated carbocycles. The van der Waals surface area contributed by atoms with Crippen molar-refractivity contribution in [3.63, 3.8) is 0 Å². The van der Waals surface area contributed by atoms with E-state index >= 15 is 0 Å². The van der Waals surface area contributed by atoms with E-state index in [1.807, 2.05) is 5.32 Å². The first-order chi connectivity index (χ1) is 12.8. The Morgan fingerprint density at radius 1 is 1.07 bits per heavy atom. The van der Waals surface area contributed by atoms with Crippen molar-refractivity contribution in [2.75, 3.05) is 19.8 Å². The summed E-state index contributed by atoms with van der Waals surface area (Å²) in [5.41, 5.74) is 2.15. The first kappa shape index (κ1) is 20.8. The number of nitrogens with one attached hydrogen (secondary N) is 2. The van der Waals surface area contributed by atoms with E-state index in [1.54, 1.807) is 19.1 Å². The second-order valence-electron chi connectivity index (χ2n) is 5.89. The Bertz CT molecular complexity index is 821. The van der Waals surface area contributed by atoms with Gasteiger partial charge in [-0.05, 0) is 55.9 Å². The van der Waals surface area contributed by atoms with Gasteiger partial charge in [-0.15, -0.1) is 0 Å². The molecule has 9 nitrogen and oxygen atoms in total. The van der Waals surface area contributed by atoms with E-state index in [0.717, 1.165) is 36.8 Å². The average Bonchev–Trinajstić information content (AvgIpc) is 2.64. The normalized spacial score (nSPS) is 13.4. The van der Waals surface area contributed by atoms with E-state index in [4.69, 9.17) is 0 Å². The van der Waals surface area contributed by atoms with Crippen molar-refractivity contribution < 1.29 is 32.3 Å². The fraction of sp³-hybridized carbons (Fsp3) is 0.471. The maximum Gasteiger partial charge on any atom is 0.413 e. The van der Waals surface area contributed by atoms with E-state index in [0.29, 0.717) is 0 Å². The number of hydrogen-bond acceptors (Lipinski definition) is 7. The lowest BCUT2D eigenvalue weighted by molar-refractivity contribution is -0.147. The molecule has 0 aliphatic heterocycles. The Morgan fingerprint density at radius 3 is 2.48 bits per heavy atom. The van der Waals surface area contributed by atoms with Crippen molar-refractivity contribution in [1.29, 1.82) is 0 Å². The summed E-state index contributed by atoms with van der Waals surface area (Å²) < 4.78 is 35.9. The molecule has 1 aromatic rings. The molecule has 1 aliphatic carbocycles. The van der Waals surface area contributed by atoms with Crippen LogP contribution in [-0.2, 0) is 41.9 Å². The van der Waals surface area contributed by atoms with Gasteiger partial charge in [0, 0.05) is 0 Å². The summed E-state index contributed by atoms with van der Waals surface area (Å²) in [5, 5.41) is 1.85. The molecular formula is C17H22N2O7S. The van der Waals surface area contributed by atoms with Crippen molar-refractivity contribution in [3.8, 4) is 0 Å². The molecule has 0 unspecified atom stereocenters. The Kier molecular flexibility index (Phi) is 7.31. The first-order valence-corrected chi connectivity index (χ1v) is 10.0. The fourth-order valence-electron chi connectivity index (χ4n) is 2.63. The molecule has 0 atom stereocenters. The van der Waals surface area contributed by atoms with Crippen molar-refractivity contribution in [2.24, 2.45) is 0 Å². The fourth-order valence-corrected chi connectivity index (χ4v) is 3.65. The molecule has 27 heavy (non-hydrogen) atoms. The van der Waals surface area contributed by atoms with Crippen LogP contribution < -0.4 is 10.0 Å². The van der Waals surface area contributed by atoms with Gasteiger partial charge in [0.1, 0.15) is 6.54 Å². The third kappa shape index (κ3) is 6.33. The Balaban J connectivity index is 1.83. The highest BCUT2D eigenvalue weighted by molar-refractivity contribution is 7.89. The maximum absolute atomic E-state index is 12.3. The monoisotopic (exact) mass is 398 g/mol. The number of hydrogen-bond donors (Lipinski definition) is 2. The van der Waals surface area contributed by atoms with Crippen molar-refractivity contribution in [3.05, 3.63) is 29.3 Å². The van der Waals surface area contributed by atoms with Gasteiger partial charge in [0.15, 0.2) is 6.61 Å². The number of alkyl carbamates (subject to hydrolysis) is 1. The van der Waals surface area contributed by atoms with Gasteiger partial charge < -0.3 is 9.47 Å². The predicted octanol–water partition coefficient (Wildman–Crippen LogP) is 0.660. The third-order valence-corrected chi connectivity index (χ3v) is 5.32. The quantitative estimate of drug-likeness (QED) is 0.646. The van der Waals surface area contributed by atoms with Crippen LogP contribution in [0.25, 0.3) is 0 Å². The third-order valence-electron chi connectivity index (χ3n) is 3.92. The van der Waals surface area contributed by atoms with Gasteiger partial charge in [0.25, 0.3) is 5.91 Å². The van der Waals surface area contributed by atoms with Crippen molar-refractivity contribution >= 4 is 28.0 Å². The molecule has 2 rings (SSSR count). The average molecular weight is 398 g/mol. The van der Waals surface area contributed by atoms with E-state index in [9.17, 15) is 22.8 Å². The summed E-state index contributed by atoms with van der Waals surface area (Å²) in [5.74, 6) is -1.82. The summed E-state index contributed by atoms with van der Waals surface area (Å²) in [6.07, 6.45) is 2.92. The number of carbonyl (C=O) groups excluding carboxylic acids is 3. The highest BCUT2D eigenvalue weighted by Crippen LogP contribution is 2.23. The second-order valence-corrected chi connectivity index (χ2v) is 7.66. The van der Waals surface area contributed by atoms with Gasteiger partial charge in [-0.1, -0.05) is 6.07 Å². The predicted molar refractivity (Wildman–Crippen MR) is 94.4 cm³/mol. The highest BCUT2D eigenvalue weighted by atomic mass is 32.2. The lowest BCUT2D eigenvalue weighted by atomic mass is 9.92. The molecule has 2 amide bonds. The Hall–Kier alpha value is -2.46. The second kappa shape index (κ2) is 9.47. The van der Waals surface area contributed by atoms with Gasteiger partial charge in [0.05, 0.1) is 11.5 Å². The van der Waals surface area contributed by atoms with Crippen LogP contribution in [0.2, 0.25) is 0 Å². The molecule has 0 fully saturated rings. The lowest BCUT2D eigenvalue weighted by Crippen LogP contribution is -2.36. The van der Waals surface area contributed by atoms with Crippen LogP contribution in [0, 0.1) is 0 Å². The van der Waals surface area contributed by atoms with Gasteiger partial charge in [0.2, 0.25) is 10.0 Å². The lowest BCUT2D eigenvalue weighted by Gasteiger charge is -2.16. The molecular weight excluding hydrogens is 376 g/mol. The minimum Gasteiger partial charge on any atom is -0.455 e. The molecule has 0 spiro atoms. The zero-order valence-corrected chi connectivity index (χ0v) is 15.8. The maximum atomic E-state index is 12.3. The molecule has 0 heterocycles. The summed E-state index contributed by atoms with van der Waals surface area (Å²) in [7, 11) is -3.88. The smallest absolute Gasteiger partial charge is 0.413 e. The van der Waals surface area contributed by atoms with Gasteiger partial charge in [-0.3, -0.25) is 14.9 Å². The van der Waals surface area contributed by atoms with Gasteiger partial charge in [-0.25, -0.2) is 13.2 Å². The number of rotatable bonds is 7. The molecule has 148 valence electrons. The SMILES string of the molecule is CCOC(=O)NC(=O)COC(=O)CNS(=O)(=O)c1ccc2c(c1)CCCC2. The largest absolute Gasteiger partial charge is 0.455 e. The van der Waals surface area contributed by atoms with Gasteiger partial charge in [-0.2, -0.15) is 4.72 Å². The zero-order valence-electron chi connectivity index (χ0n) is 14.9. The van der Waals surface area contributed by atoms with Crippen LogP contribution in [-0.4, -0.2) is 46.1 Å². The number of esters is 1. The Morgan fingerprint density at radius 2 is 1.78 bits per heavy atom. The van der Waals surface area contributed by atoms with Crippen molar-refractivity contribution in [1.82, 2.24) is 10.0 Å². The zero-order chi connectivity index (χ0) is 19.9. The van der Waals surface area contributed by atoms with Crippen LogP contribution in [0.1, 0.15) is 30.9 Å². The van der Waals surface area contributed by atoms with Crippen LogP contribution in [0.5, 0.6) is 0 Å². The summed E-state index contributed by atoms with van der Waals surface area (Å²) in [6, 6.07) is 4.92. The molecule has 0 bridgehead atoms. The van der Waals surface area contributed by atoms with Crippen LogP contribution >= 0.6 is 0 Å². The first-order valence-electron chi connectivity index (χ1n) is 8.55. The Labute approximate surface area is 157 Å². The number of imide groups is 1. The topological polar surface area (TPSA) is 128 Å². The molecule has 1 aromatic carbocycles.